The lowest BCUT2D eigenvalue weighted by Gasteiger charge is -2.33. The van der Waals surface area contributed by atoms with Gasteiger partial charge in [0.15, 0.2) is 0 Å². The second-order valence-electron chi connectivity index (χ2n) is 6.70. The topological polar surface area (TPSA) is 114 Å². The molecule has 3 aromatic rings. The molecule has 1 aromatic carbocycles. The van der Waals surface area contributed by atoms with Gasteiger partial charge in [0.25, 0.3) is 0 Å². The van der Waals surface area contributed by atoms with E-state index >= 15 is 0 Å². The average Bonchev–Trinajstić information content (AvgIpc) is 3.25. The number of aromatic nitrogens is 6. The van der Waals surface area contributed by atoms with Crippen LogP contribution in [0.5, 0.6) is 0 Å². The third kappa shape index (κ3) is 4.05. The summed E-state index contributed by atoms with van der Waals surface area (Å²) in [7, 11) is 0. The van der Waals surface area contributed by atoms with Crippen LogP contribution in [0.1, 0.15) is 18.4 Å². The van der Waals surface area contributed by atoms with E-state index < -0.39 is 0 Å². The van der Waals surface area contributed by atoms with Crippen molar-refractivity contribution in [3.05, 3.63) is 48.7 Å². The number of nitrogens with zero attached hydrogens (tertiary/aromatic N) is 7. The molecule has 0 unspecified atom stereocenters. The molecule has 1 atom stereocenters. The third-order valence-corrected chi connectivity index (χ3v) is 4.71. The van der Waals surface area contributed by atoms with Crippen LogP contribution in [0.2, 0.25) is 0 Å². The smallest absolute Gasteiger partial charge is 0.319 e. The van der Waals surface area contributed by atoms with Gasteiger partial charge in [-0.1, -0.05) is 6.07 Å². The zero-order valence-electron chi connectivity index (χ0n) is 15.5. The van der Waals surface area contributed by atoms with Gasteiger partial charge >= 0.3 is 6.03 Å². The molecule has 2 aromatic heterocycles. The average molecular weight is 379 g/mol. The number of piperidine rings is 1. The maximum Gasteiger partial charge on any atom is 0.319 e. The lowest BCUT2D eigenvalue weighted by molar-refractivity contribution is 0.246. The van der Waals surface area contributed by atoms with Crippen LogP contribution in [0, 0.1) is 6.92 Å². The SMILES string of the molecule is Cc1ccc(-n2cnnn2)cc1NC(=O)N[C@H]1CCCN(c2cnccn2)C1. The lowest BCUT2D eigenvalue weighted by atomic mass is 10.1. The standard InChI is InChI=1S/C18H21N9O/c1-13-4-5-15(27-12-21-24-25-27)9-16(13)23-18(28)22-14-3-2-8-26(11-14)17-10-19-6-7-20-17/h4-7,9-10,12,14H,2-3,8,11H2,1H3,(H2,22,23,28)/t14-/m0/s1. The van der Waals surface area contributed by atoms with Gasteiger partial charge in [-0.15, -0.1) is 5.10 Å². The number of hydrogen-bond acceptors (Lipinski definition) is 7. The molecule has 1 saturated heterocycles. The number of carbonyl (C=O) groups is 1. The third-order valence-electron chi connectivity index (χ3n) is 4.71. The first-order valence-electron chi connectivity index (χ1n) is 9.11. The molecule has 144 valence electrons. The molecule has 0 saturated carbocycles. The van der Waals surface area contributed by atoms with Crippen molar-refractivity contribution in [3.63, 3.8) is 0 Å². The van der Waals surface area contributed by atoms with Crippen molar-refractivity contribution >= 4 is 17.5 Å². The van der Waals surface area contributed by atoms with Crippen molar-refractivity contribution < 1.29 is 4.79 Å². The number of hydrogen-bond donors (Lipinski definition) is 2. The first kappa shape index (κ1) is 17.8. The molecule has 0 radical (unpaired) electrons. The molecule has 0 bridgehead atoms. The number of urea groups is 1. The summed E-state index contributed by atoms with van der Waals surface area (Å²) in [5.41, 5.74) is 2.45. The highest BCUT2D eigenvalue weighted by Gasteiger charge is 2.22. The second-order valence-corrected chi connectivity index (χ2v) is 6.70. The van der Waals surface area contributed by atoms with E-state index in [0.717, 1.165) is 36.5 Å². The van der Waals surface area contributed by atoms with Gasteiger partial charge in [-0.05, 0) is 47.9 Å². The van der Waals surface area contributed by atoms with Gasteiger partial charge in [0, 0.05) is 37.2 Å². The van der Waals surface area contributed by atoms with Crippen LogP contribution < -0.4 is 15.5 Å². The second kappa shape index (κ2) is 7.99. The Balaban J connectivity index is 1.40. The monoisotopic (exact) mass is 379 g/mol. The van der Waals surface area contributed by atoms with E-state index in [4.69, 9.17) is 0 Å². The van der Waals surface area contributed by atoms with Crippen LogP contribution in [0.25, 0.3) is 5.69 Å². The maximum absolute atomic E-state index is 12.6. The van der Waals surface area contributed by atoms with E-state index in [2.05, 4.69) is 41.0 Å². The number of nitrogens with one attached hydrogen (secondary N) is 2. The summed E-state index contributed by atoms with van der Waals surface area (Å²) in [6, 6.07) is 5.47. The predicted octanol–water partition coefficient (Wildman–Crippen LogP) is 1.55. The Kier molecular flexibility index (Phi) is 5.09. The van der Waals surface area contributed by atoms with Crippen LogP contribution >= 0.6 is 0 Å². The summed E-state index contributed by atoms with van der Waals surface area (Å²) >= 11 is 0. The molecular formula is C18H21N9O. The summed E-state index contributed by atoms with van der Waals surface area (Å²) < 4.78 is 1.54. The van der Waals surface area contributed by atoms with Crippen molar-refractivity contribution in [1.29, 1.82) is 0 Å². The van der Waals surface area contributed by atoms with Gasteiger partial charge in [-0.3, -0.25) is 4.98 Å². The number of rotatable bonds is 4. The highest BCUT2D eigenvalue weighted by Crippen LogP contribution is 2.20. The zero-order valence-corrected chi connectivity index (χ0v) is 15.5. The molecule has 1 fully saturated rings. The summed E-state index contributed by atoms with van der Waals surface area (Å²) in [6.07, 6.45) is 8.50. The van der Waals surface area contributed by atoms with Gasteiger partial charge in [-0.2, -0.15) is 0 Å². The Morgan fingerprint density at radius 2 is 2.21 bits per heavy atom. The van der Waals surface area contributed by atoms with Crippen LogP contribution in [-0.2, 0) is 0 Å². The van der Waals surface area contributed by atoms with Gasteiger partial charge < -0.3 is 15.5 Å². The normalized spacial score (nSPS) is 16.6. The Labute approximate surface area is 162 Å². The number of carbonyl (C=O) groups excluding carboxylic acids is 1. The van der Waals surface area contributed by atoms with Crippen molar-refractivity contribution in [1.82, 2.24) is 35.5 Å². The lowest BCUT2D eigenvalue weighted by Crippen LogP contribution is -2.49. The van der Waals surface area contributed by atoms with Gasteiger partial charge in [0.05, 0.1) is 11.9 Å². The molecule has 10 heteroatoms. The minimum Gasteiger partial charge on any atom is -0.353 e. The Bertz CT molecular complexity index is 929. The molecule has 0 aliphatic carbocycles. The summed E-state index contributed by atoms with van der Waals surface area (Å²) in [4.78, 5) is 23.2. The van der Waals surface area contributed by atoms with E-state index in [1.54, 1.807) is 23.3 Å². The number of aryl methyl sites for hydroxylation is 1. The molecule has 2 N–H and O–H groups in total. The molecule has 1 aliphatic rings. The predicted molar refractivity (Wildman–Crippen MR) is 103 cm³/mol. The van der Waals surface area contributed by atoms with Crippen molar-refractivity contribution in [3.8, 4) is 5.69 Å². The van der Waals surface area contributed by atoms with Crippen LogP contribution in [0.3, 0.4) is 0 Å². The van der Waals surface area contributed by atoms with Gasteiger partial charge in [0.2, 0.25) is 0 Å². The van der Waals surface area contributed by atoms with Gasteiger partial charge in [0.1, 0.15) is 12.1 Å². The summed E-state index contributed by atoms with van der Waals surface area (Å²) in [6.45, 7) is 3.55. The molecular weight excluding hydrogens is 358 g/mol. The fraction of sp³-hybridized carbons (Fsp3) is 0.333. The zero-order chi connectivity index (χ0) is 19.3. The maximum atomic E-state index is 12.6. The molecule has 2 amide bonds. The van der Waals surface area contributed by atoms with E-state index in [1.807, 2.05) is 25.1 Å². The first-order chi connectivity index (χ1) is 13.7. The molecule has 10 nitrogen and oxygen atoms in total. The van der Waals surface area contributed by atoms with E-state index in [0.29, 0.717) is 12.2 Å². The number of anilines is 2. The fourth-order valence-electron chi connectivity index (χ4n) is 3.27. The summed E-state index contributed by atoms with van der Waals surface area (Å²) in [5.74, 6) is 0.833. The van der Waals surface area contributed by atoms with E-state index in [1.165, 1.54) is 6.33 Å². The van der Waals surface area contributed by atoms with Crippen LogP contribution in [0.15, 0.2) is 43.1 Å². The van der Waals surface area contributed by atoms with Crippen LogP contribution in [0.4, 0.5) is 16.3 Å². The largest absolute Gasteiger partial charge is 0.353 e. The van der Waals surface area contributed by atoms with Gasteiger partial charge in [-0.25, -0.2) is 14.5 Å². The summed E-state index contributed by atoms with van der Waals surface area (Å²) in [5, 5.41) is 17.2. The highest BCUT2D eigenvalue weighted by molar-refractivity contribution is 5.90. The minimum atomic E-state index is -0.233. The van der Waals surface area contributed by atoms with Crippen molar-refractivity contribution in [2.45, 2.75) is 25.8 Å². The minimum absolute atomic E-state index is 0.0405. The molecule has 1 aliphatic heterocycles. The Morgan fingerprint density at radius 3 is 3.00 bits per heavy atom. The van der Waals surface area contributed by atoms with Crippen LogP contribution in [-0.4, -0.2) is 55.3 Å². The number of amides is 2. The first-order valence-corrected chi connectivity index (χ1v) is 9.11. The molecule has 4 rings (SSSR count). The molecule has 3 heterocycles. The number of benzene rings is 1. The fourth-order valence-corrected chi connectivity index (χ4v) is 3.27. The molecule has 0 spiro atoms. The molecule has 28 heavy (non-hydrogen) atoms. The van der Waals surface area contributed by atoms with Crippen molar-refractivity contribution in [2.75, 3.05) is 23.3 Å². The van der Waals surface area contributed by atoms with E-state index in [-0.39, 0.29) is 12.1 Å². The number of tetrazole rings is 1. The van der Waals surface area contributed by atoms with E-state index in [9.17, 15) is 4.79 Å². The van der Waals surface area contributed by atoms with Crippen molar-refractivity contribution in [2.24, 2.45) is 0 Å². The quantitative estimate of drug-likeness (QED) is 0.707. The Hall–Kier alpha value is -3.56. The highest BCUT2D eigenvalue weighted by atomic mass is 16.2. The Morgan fingerprint density at radius 1 is 1.29 bits per heavy atom.